The fourth-order valence-corrected chi connectivity index (χ4v) is 7.97. The summed E-state index contributed by atoms with van der Waals surface area (Å²) in [5.74, 6) is -0.875. The van der Waals surface area contributed by atoms with Gasteiger partial charge in [-0.2, -0.15) is 17.5 Å². The molecule has 1 amide bonds. The van der Waals surface area contributed by atoms with Crippen LogP contribution in [0.15, 0.2) is 18.3 Å². The van der Waals surface area contributed by atoms with Crippen molar-refractivity contribution in [1.29, 1.82) is 0 Å². The highest BCUT2D eigenvalue weighted by molar-refractivity contribution is 7.89. The van der Waals surface area contributed by atoms with E-state index < -0.39 is 44.5 Å². The summed E-state index contributed by atoms with van der Waals surface area (Å²) in [4.78, 5) is 30.2. The number of pyridine rings is 1. The van der Waals surface area contributed by atoms with Crippen LogP contribution in [0, 0.1) is 16.7 Å². The lowest BCUT2D eigenvalue weighted by molar-refractivity contribution is -0.137. The Hall–Kier alpha value is -2.21. The second-order valence-electron chi connectivity index (χ2n) is 9.80. The minimum absolute atomic E-state index is 0.00292. The summed E-state index contributed by atoms with van der Waals surface area (Å²) in [5.41, 5.74) is 3.23. The highest BCUT2D eigenvalue weighted by Gasteiger charge is 2.65. The number of amides is 1. The molecule has 1 aromatic heterocycles. The standard InChI is InChI=1S/C21H27F3N4O4S/c1-19(2)13-5-6-20(19,16(29)9-13)12-33(31,32)27-7-8-28(15(11-27)18(25)30)17-4-3-14(10-26-17)21(22,23)24/h3-4,10,13,15H,5-9,11-12H2,1-2H3,(H2,25,30)/t13-,15?,20+/m1/s1. The lowest BCUT2D eigenvalue weighted by Gasteiger charge is -2.42. The largest absolute Gasteiger partial charge is 0.417 e. The van der Waals surface area contributed by atoms with Crippen LogP contribution >= 0.6 is 0 Å². The first kappa shape index (κ1) is 23.9. The molecule has 1 saturated heterocycles. The molecular formula is C21H27F3N4O4S. The van der Waals surface area contributed by atoms with Crippen molar-refractivity contribution in [2.45, 2.75) is 45.3 Å². The number of piperazine rings is 1. The molecule has 2 heterocycles. The van der Waals surface area contributed by atoms with Crippen molar-refractivity contribution < 1.29 is 31.2 Å². The van der Waals surface area contributed by atoms with Gasteiger partial charge in [0.1, 0.15) is 17.6 Å². The number of halogens is 3. The van der Waals surface area contributed by atoms with Crippen molar-refractivity contribution in [1.82, 2.24) is 9.29 Å². The lowest BCUT2D eigenvalue weighted by atomic mass is 9.70. The van der Waals surface area contributed by atoms with E-state index in [-0.39, 0.29) is 42.9 Å². The van der Waals surface area contributed by atoms with Gasteiger partial charge in [-0.1, -0.05) is 13.8 Å². The third kappa shape index (κ3) is 3.80. The molecule has 3 aliphatic rings. The van der Waals surface area contributed by atoms with Crippen LogP contribution < -0.4 is 10.6 Å². The fourth-order valence-electron chi connectivity index (χ4n) is 5.76. The molecule has 1 aromatic rings. The summed E-state index contributed by atoms with van der Waals surface area (Å²) < 4.78 is 66.5. The van der Waals surface area contributed by atoms with Crippen LogP contribution in [0.5, 0.6) is 0 Å². The van der Waals surface area contributed by atoms with Gasteiger partial charge >= 0.3 is 6.18 Å². The third-order valence-corrected chi connectivity index (χ3v) is 9.98. The summed E-state index contributed by atoms with van der Waals surface area (Å²) in [6.07, 6.45) is -2.16. The molecular weight excluding hydrogens is 461 g/mol. The Labute approximate surface area is 190 Å². The molecule has 4 rings (SSSR count). The van der Waals surface area contributed by atoms with Gasteiger partial charge < -0.3 is 10.6 Å². The van der Waals surface area contributed by atoms with Gasteiger partial charge in [0, 0.05) is 37.7 Å². The molecule has 2 saturated carbocycles. The number of carbonyl (C=O) groups is 2. The number of nitrogens with two attached hydrogens (primary N) is 1. The molecule has 0 radical (unpaired) electrons. The van der Waals surface area contributed by atoms with E-state index in [0.29, 0.717) is 19.0 Å². The first-order chi connectivity index (χ1) is 15.2. The van der Waals surface area contributed by atoms with Crippen molar-refractivity contribution >= 4 is 27.5 Å². The van der Waals surface area contributed by atoms with Crippen LogP contribution in [0.25, 0.3) is 0 Å². The molecule has 2 N–H and O–H groups in total. The average Bonchev–Trinajstić information content (AvgIpc) is 3.07. The predicted octanol–water partition coefficient (Wildman–Crippen LogP) is 1.80. The number of ketones is 1. The van der Waals surface area contributed by atoms with Gasteiger partial charge in [0.15, 0.2) is 0 Å². The monoisotopic (exact) mass is 488 g/mol. The van der Waals surface area contributed by atoms with E-state index in [1.54, 1.807) is 0 Å². The van der Waals surface area contributed by atoms with E-state index in [9.17, 15) is 31.2 Å². The number of carbonyl (C=O) groups excluding carboxylic acids is 2. The number of hydrogen-bond donors (Lipinski definition) is 1. The van der Waals surface area contributed by atoms with Crippen LogP contribution in [0.2, 0.25) is 0 Å². The molecule has 0 aromatic carbocycles. The van der Waals surface area contributed by atoms with Gasteiger partial charge in [0.2, 0.25) is 15.9 Å². The number of fused-ring (bicyclic) bond motifs is 2. The lowest BCUT2D eigenvalue weighted by Crippen LogP contribution is -2.61. The van der Waals surface area contributed by atoms with Gasteiger partial charge in [-0.05, 0) is 36.3 Å². The molecule has 182 valence electrons. The third-order valence-electron chi connectivity index (χ3n) is 8.00. The number of hydrogen-bond acceptors (Lipinski definition) is 6. The van der Waals surface area contributed by atoms with Crippen LogP contribution in [0.4, 0.5) is 19.0 Å². The second-order valence-corrected chi connectivity index (χ2v) is 11.8. The molecule has 0 spiro atoms. The van der Waals surface area contributed by atoms with Gasteiger partial charge in [-0.25, -0.2) is 13.4 Å². The molecule has 3 atom stereocenters. The molecule has 2 aliphatic carbocycles. The van der Waals surface area contributed by atoms with Crippen LogP contribution in [0.1, 0.15) is 38.7 Å². The number of nitrogens with zero attached hydrogens (tertiary/aromatic N) is 3. The maximum atomic E-state index is 13.4. The van der Waals surface area contributed by atoms with E-state index in [1.165, 1.54) is 9.21 Å². The molecule has 2 bridgehead atoms. The van der Waals surface area contributed by atoms with Crippen LogP contribution in [-0.4, -0.2) is 60.8 Å². The van der Waals surface area contributed by atoms with Crippen molar-refractivity contribution in [3.8, 4) is 0 Å². The number of Topliss-reactive ketones (excluding diaryl/α,β-unsaturated/α-hetero) is 1. The highest BCUT2D eigenvalue weighted by Crippen LogP contribution is 2.64. The topological polar surface area (TPSA) is 114 Å². The minimum Gasteiger partial charge on any atom is -0.368 e. The summed E-state index contributed by atoms with van der Waals surface area (Å²) in [6.45, 7) is 3.67. The zero-order valence-electron chi connectivity index (χ0n) is 18.4. The molecule has 1 aliphatic heterocycles. The Morgan fingerprint density at radius 2 is 1.97 bits per heavy atom. The molecule has 33 heavy (non-hydrogen) atoms. The predicted molar refractivity (Wildman–Crippen MR) is 113 cm³/mol. The first-order valence-corrected chi connectivity index (χ1v) is 12.4. The van der Waals surface area contributed by atoms with Gasteiger partial charge in [-0.3, -0.25) is 9.59 Å². The Balaban J connectivity index is 1.55. The number of primary amides is 1. The van der Waals surface area contributed by atoms with Crippen molar-refractivity contribution in [2.24, 2.45) is 22.5 Å². The number of rotatable bonds is 5. The van der Waals surface area contributed by atoms with Gasteiger partial charge in [0.05, 0.1) is 11.3 Å². The maximum absolute atomic E-state index is 13.4. The van der Waals surface area contributed by atoms with Crippen molar-refractivity contribution in [3.05, 3.63) is 23.9 Å². The average molecular weight is 489 g/mol. The molecule has 8 nitrogen and oxygen atoms in total. The number of alkyl halides is 3. The van der Waals surface area contributed by atoms with E-state index in [2.05, 4.69) is 4.98 Å². The SMILES string of the molecule is CC1(C)[C@@H]2CC[C@]1(CS(=O)(=O)N1CCN(c3ccc(C(F)(F)F)cn3)C(C(N)=O)C1)C(=O)C2. The Bertz CT molecular complexity index is 1070. The molecule has 3 fully saturated rings. The first-order valence-electron chi connectivity index (χ1n) is 10.8. The minimum atomic E-state index is -4.55. The quantitative estimate of drug-likeness (QED) is 0.676. The summed E-state index contributed by atoms with van der Waals surface area (Å²) in [5, 5.41) is 0. The number of sulfonamides is 1. The Morgan fingerprint density at radius 3 is 2.45 bits per heavy atom. The highest BCUT2D eigenvalue weighted by atomic mass is 32.2. The normalized spacial score (nSPS) is 30.1. The molecule has 12 heteroatoms. The van der Waals surface area contributed by atoms with E-state index in [0.717, 1.165) is 18.6 Å². The van der Waals surface area contributed by atoms with Gasteiger partial charge in [-0.15, -0.1) is 0 Å². The Kier molecular flexibility index (Phi) is 5.55. The zero-order chi connectivity index (χ0) is 24.4. The number of anilines is 1. The second kappa shape index (κ2) is 7.66. The van der Waals surface area contributed by atoms with Gasteiger partial charge in [0.25, 0.3) is 0 Å². The summed E-state index contributed by atoms with van der Waals surface area (Å²) >= 11 is 0. The molecule has 1 unspecified atom stereocenters. The van der Waals surface area contributed by atoms with E-state index in [4.69, 9.17) is 5.73 Å². The van der Waals surface area contributed by atoms with Crippen molar-refractivity contribution in [2.75, 3.05) is 30.3 Å². The van der Waals surface area contributed by atoms with Crippen molar-refractivity contribution in [3.63, 3.8) is 0 Å². The summed E-state index contributed by atoms with van der Waals surface area (Å²) in [7, 11) is -3.90. The number of aromatic nitrogens is 1. The van der Waals surface area contributed by atoms with E-state index in [1.807, 2.05) is 13.8 Å². The smallest absolute Gasteiger partial charge is 0.368 e. The van der Waals surface area contributed by atoms with E-state index >= 15 is 0 Å². The maximum Gasteiger partial charge on any atom is 0.417 e. The fraction of sp³-hybridized carbons (Fsp3) is 0.667. The zero-order valence-corrected chi connectivity index (χ0v) is 19.2. The van der Waals surface area contributed by atoms with Crippen LogP contribution in [0.3, 0.4) is 0 Å². The summed E-state index contributed by atoms with van der Waals surface area (Å²) in [6, 6.07) is 0.895. The Morgan fingerprint density at radius 1 is 1.27 bits per heavy atom. The van der Waals surface area contributed by atoms with Crippen LogP contribution in [-0.2, 0) is 25.8 Å².